The van der Waals surface area contributed by atoms with Gasteiger partial charge in [-0.05, 0) is 24.7 Å². The molecule has 27 heavy (non-hydrogen) atoms. The molecule has 1 aliphatic carbocycles. The van der Waals surface area contributed by atoms with E-state index in [0.717, 1.165) is 0 Å². The maximum atomic E-state index is 2.44. The Morgan fingerprint density at radius 2 is 1.37 bits per heavy atom. The molecular formula is C26H39Hf-7. The van der Waals surface area contributed by atoms with Crippen LogP contribution in [0.3, 0.4) is 0 Å². The van der Waals surface area contributed by atoms with Gasteiger partial charge in [-0.2, -0.15) is 24.3 Å². The van der Waals surface area contributed by atoms with Crippen LogP contribution in [-0.2, 0) is 44.1 Å². The van der Waals surface area contributed by atoms with Gasteiger partial charge in [0.05, 0.1) is 0 Å². The van der Waals surface area contributed by atoms with Gasteiger partial charge in [-0.15, -0.1) is 34.5 Å². The molecule has 0 unspecified atom stereocenters. The van der Waals surface area contributed by atoms with Gasteiger partial charge < -0.3 is 37.1 Å². The average molecular weight is 530 g/mol. The Bertz CT molecular complexity index is 691. The Labute approximate surface area is 189 Å². The van der Waals surface area contributed by atoms with Crippen LogP contribution in [0.25, 0.3) is 10.8 Å². The molecule has 0 saturated heterocycles. The SMILES string of the molecule is CC(C)(C)[c-]1ccc2cc3c(cc21)CCC3.[CH3-].[CH3-].[CH3-].[CH3-].[CH3-].[Hf].c1cc[cH-]c1. The third-order valence-corrected chi connectivity index (χ3v) is 4.35. The van der Waals surface area contributed by atoms with Gasteiger partial charge in [0, 0.05) is 25.8 Å². The van der Waals surface area contributed by atoms with Crippen molar-refractivity contribution >= 4 is 10.8 Å². The number of hydrogen-bond donors (Lipinski definition) is 0. The van der Waals surface area contributed by atoms with E-state index in [1.165, 1.54) is 35.6 Å². The van der Waals surface area contributed by atoms with Gasteiger partial charge in [-0.25, -0.2) is 12.1 Å². The van der Waals surface area contributed by atoms with Crippen molar-refractivity contribution < 1.29 is 25.8 Å². The third-order valence-electron chi connectivity index (χ3n) is 4.35. The molecule has 1 heteroatoms. The van der Waals surface area contributed by atoms with Gasteiger partial charge in [0.1, 0.15) is 0 Å². The predicted molar refractivity (Wildman–Crippen MR) is 124 cm³/mol. The molecule has 1 aliphatic rings. The molecular weight excluding hydrogens is 491 g/mol. The van der Waals surface area contributed by atoms with E-state index in [1.807, 2.05) is 30.3 Å². The van der Waals surface area contributed by atoms with Crippen molar-refractivity contribution in [1.82, 2.24) is 0 Å². The van der Waals surface area contributed by atoms with Crippen LogP contribution in [0, 0.1) is 37.1 Å². The number of rotatable bonds is 0. The molecule has 0 spiro atoms. The Morgan fingerprint density at radius 3 is 1.81 bits per heavy atom. The fourth-order valence-corrected chi connectivity index (χ4v) is 3.25. The standard InChI is InChI=1S/C16H19.C5H5.5CH3.Hf/c1-16(2,3)15-8-7-13-9-11-5-4-6-12(11)10-14(13)15;1-2-4-5-3-1;;;;;;/h7-10H,4-6H2,1-3H3;1-5H;5*1H3;/q7*-1;. The number of fused-ring (bicyclic) bond motifs is 2. The first-order valence-electron chi connectivity index (χ1n) is 7.94. The van der Waals surface area contributed by atoms with Crippen LogP contribution in [0.2, 0.25) is 0 Å². The zero-order valence-electron chi connectivity index (χ0n) is 18.8. The summed E-state index contributed by atoms with van der Waals surface area (Å²) in [4.78, 5) is 0. The summed E-state index contributed by atoms with van der Waals surface area (Å²) in [6, 6.07) is 19.4. The van der Waals surface area contributed by atoms with Gasteiger partial charge >= 0.3 is 0 Å². The van der Waals surface area contributed by atoms with E-state index in [1.54, 1.807) is 11.1 Å². The molecule has 0 bridgehead atoms. The summed E-state index contributed by atoms with van der Waals surface area (Å²) >= 11 is 0. The zero-order chi connectivity index (χ0) is 14.9. The predicted octanol–water partition coefficient (Wildman–Crippen LogP) is 8.00. The zero-order valence-corrected chi connectivity index (χ0v) is 22.4. The largest absolute Gasteiger partial charge is 0.358 e. The summed E-state index contributed by atoms with van der Waals surface area (Å²) in [5, 5.41) is 2.92. The quantitative estimate of drug-likeness (QED) is 0.204. The molecule has 4 rings (SSSR count). The normalized spacial score (nSPS) is 10.8. The summed E-state index contributed by atoms with van der Waals surface area (Å²) in [5.74, 6) is 0. The Balaban J connectivity index is -0.000000214. The maximum Gasteiger partial charge on any atom is 0 e. The van der Waals surface area contributed by atoms with Crippen molar-refractivity contribution in [2.75, 3.05) is 0 Å². The van der Waals surface area contributed by atoms with Crippen molar-refractivity contribution in [1.29, 1.82) is 0 Å². The van der Waals surface area contributed by atoms with E-state index in [9.17, 15) is 0 Å². The molecule has 0 atom stereocenters. The van der Waals surface area contributed by atoms with Crippen LogP contribution in [0.5, 0.6) is 0 Å². The van der Waals surface area contributed by atoms with Crippen LogP contribution in [0.15, 0.2) is 54.6 Å². The molecule has 0 radical (unpaired) electrons. The maximum absolute atomic E-state index is 2.44. The molecule has 0 heterocycles. The number of aryl methyl sites for hydroxylation is 2. The minimum absolute atomic E-state index is 0. The van der Waals surface area contributed by atoms with Crippen molar-refractivity contribution in [2.24, 2.45) is 0 Å². The molecule has 0 saturated carbocycles. The molecule has 0 amide bonds. The van der Waals surface area contributed by atoms with Gasteiger partial charge in [-0.3, -0.25) is 0 Å². The monoisotopic (exact) mass is 531 g/mol. The smallest absolute Gasteiger partial charge is 0 e. The van der Waals surface area contributed by atoms with Crippen LogP contribution >= 0.6 is 0 Å². The molecule has 0 nitrogen and oxygen atoms in total. The van der Waals surface area contributed by atoms with Crippen LogP contribution < -0.4 is 0 Å². The van der Waals surface area contributed by atoms with Crippen molar-refractivity contribution in [3.8, 4) is 0 Å². The van der Waals surface area contributed by atoms with E-state index in [4.69, 9.17) is 0 Å². The second kappa shape index (κ2) is 14.1. The molecule has 3 aromatic rings. The summed E-state index contributed by atoms with van der Waals surface area (Å²) in [6.07, 6.45) is 3.90. The molecule has 0 aliphatic heterocycles. The summed E-state index contributed by atoms with van der Waals surface area (Å²) in [7, 11) is 0. The van der Waals surface area contributed by atoms with Crippen LogP contribution in [-0.4, -0.2) is 0 Å². The molecule has 154 valence electrons. The minimum Gasteiger partial charge on any atom is -0.358 e. The van der Waals surface area contributed by atoms with Crippen molar-refractivity contribution in [3.05, 3.63) is 108 Å². The van der Waals surface area contributed by atoms with Crippen LogP contribution in [0.4, 0.5) is 0 Å². The van der Waals surface area contributed by atoms with E-state index in [2.05, 4.69) is 45.0 Å². The third kappa shape index (κ3) is 7.90. The molecule has 0 fully saturated rings. The van der Waals surface area contributed by atoms with Crippen molar-refractivity contribution in [3.63, 3.8) is 0 Å². The fourth-order valence-electron chi connectivity index (χ4n) is 3.25. The Kier molecular flexibility index (Phi) is 17.6. The summed E-state index contributed by atoms with van der Waals surface area (Å²) < 4.78 is 0. The Hall–Kier alpha value is -0.950. The Morgan fingerprint density at radius 1 is 0.852 bits per heavy atom. The average Bonchev–Trinajstić information content (AvgIpc) is 3.16. The first-order valence-corrected chi connectivity index (χ1v) is 7.94. The van der Waals surface area contributed by atoms with Gasteiger partial charge in [-0.1, -0.05) is 31.9 Å². The van der Waals surface area contributed by atoms with E-state index in [0.29, 0.717) is 0 Å². The first-order chi connectivity index (χ1) is 10.1. The second-order valence-electron chi connectivity index (χ2n) is 7.02. The molecule has 3 aromatic carbocycles. The van der Waals surface area contributed by atoms with Gasteiger partial charge in [0.25, 0.3) is 0 Å². The first kappa shape index (κ1) is 33.6. The number of benzene rings is 1. The summed E-state index contributed by atoms with van der Waals surface area (Å²) in [5.41, 5.74) is 4.93. The molecule has 0 N–H and O–H groups in total. The van der Waals surface area contributed by atoms with E-state index >= 15 is 0 Å². The molecule has 0 aromatic heterocycles. The summed E-state index contributed by atoms with van der Waals surface area (Å²) in [6.45, 7) is 6.90. The van der Waals surface area contributed by atoms with Crippen LogP contribution in [0.1, 0.15) is 43.9 Å². The topological polar surface area (TPSA) is 0 Å². The van der Waals surface area contributed by atoms with E-state index < -0.39 is 0 Å². The van der Waals surface area contributed by atoms with Gasteiger partial charge in [0.2, 0.25) is 0 Å². The second-order valence-corrected chi connectivity index (χ2v) is 7.02. The van der Waals surface area contributed by atoms with E-state index in [-0.39, 0.29) is 68.4 Å². The minimum atomic E-state index is 0. The van der Waals surface area contributed by atoms with Crippen molar-refractivity contribution in [2.45, 2.75) is 45.4 Å². The van der Waals surface area contributed by atoms with Gasteiger partial charge in [0.15, 0.2) is 0 Å². The number of hydrogen-bond acceptors (Lipinski definition) is 0. The fraction of sp³-hybridized carbons (Fsp3) is 0.269.